The minimum absolute atomic E-state index is 0.147. The molecule has 0 saturated heterocycles. The Hall–Kier alpha value is -4.95. The van der Waals surface area contributed by atoms with Crippen molar-refractivity contribution in [2.24, 2.45) is 0 Å². The van der Waals surface area contributed by atoms with Crippen LogP contribution in [0.4, 0.5) is 11.5 Å². The first-order valence-electron chi connectivity index (χ1n) is 13.1. The SMILES string of the molecule is O=C(Nc1cccc(CNc2cc(-c3ccccc3O)nc3c(Br)cnn23)c1)c1ccccc1Cc1ccccc1. The first-order valence-corrected chi connectivity index (χ1v) is 13.9. The van der Waals surface area contributed by atoms with E-state index in [1.54, 1.807) is 22.8 Å². The van der Waals surface area contributed by atoms with Crippen LogP contribution >= 0.6 is 15.9 Å². The molecule has 41 heavy (non-hydrogen) atoms. The molecule has 0 atom stereocenters. The number of para-hydroxylation sites is 1. The Bertz CT molecular complexity index is 1850. The van der Waals surface area contributed by atoms with E-state index in [4.69, 9.17) is 4.98 Å². The number of fused-ring (bicyclic) bond motifs is 1. The molecule has 2 heterocycles. The molecule has 0 aliphatic heterocycles. The van der Waals surface area contributed by atoms with E-state index >= 15 is 0 Å². The highest BCUT2D eigenvalue weighted by molar-refractivity contribution is 9.10. The maximum atomic E-state index is 13.3. The number of carbonyl (C=O) groups excluding carboxylic acids is 1. The fourth-order valence-corrected chi connectivity index (χ4v) is 5.10. The van der Waals surface area contributed by atoms with Gasteiger partial charge in [0.25, 0.3) is 5.91 Å². The van der Waals surface area contributed by atoms with Gasteiger partial charge in [-0.25, -0.2) is 4.98 Å². The average Bonchev–Trinajstić information content (AvgIpc) is 3.37. The molecule has 0 saturated carbocycles. The predicted octanol–water partition coefficient (Wildman–Crippen LogP) is 7.32. The second-order valence-corrected chi connectivity index (χ2v) is 10.5. The highest BCUT2D eigenvalue weighted by atomic mass is 79.9. The lowest BCUT2D eigenvalue weighted by Crippen LogP contribution is -2.15. The van der Waals surface area contributed by atoms with Crippen LogP contribution in [0.3, 0.4) is 0 Å². The van der Waals surface area contributed by atoms with Gasteiger partial charge in [0.1, 0.15) is 11.6 Å². The number of benzene rings is 4. The number of phenolic OH excluding ortho intramolecular Hbond substituents is 1. The second-order valence-electron chi connectivity index (χ2n) is 9.60. The number of hydrogen-bond donors (Lipinski definition) is 3. The molecule has 2 aromatic heterocycles. The molecule has 6 aromatic rings. The molecular weight excluding hydrogens is 578 g/mol. The fraction of sp³-hybridized carbons (Fsp3) is 0.0606. The lowest BCUT2D eigenvalue weighted by atomic mass is 9.99. The number of aromatic nitrogens is 3. The lowest BCUT2D eigenvalue weighted by Gasteiger charge is -2.13. The quantitative estimate of drug-likeness (QED) is 0.169. The molecule has 202 valence electrons. The lowest BCUT2D eigenvalue weighted by molar-refractivity contribution is 0.102. The van der Waals surface area contributed by atoms with Crippen molar-refractivity contribution in [2.75, 3.05) is 10.6 Å². The minimum atomic E-state index is -0.147. The number of nitrogens with zero attached hydrogens (tertiary/aromatic N) is 3. The standard InChI is InChI=1S/C33H26BrN5O2/c34-28-21-36-39-31(19-29(38-32(28)39)27-15-6-7-16-30(27)40)35-20-23-11-8-13-25(18-23)37-33(41)26-14-5-4-12-24(26)17-22-9-2-1-3-10-22/h1-16,18-19,21,35,40H,17,20H2,(H,37,41). The van der Waals surface area contributed by atoms with Crippen LogP contribution in [-0.2, 0) is 13.0 Å². The summed E-state index contributed by atoms with van der Waals surface area (Å²) in [7, 11) is 0. The number of rotatable bonds is 8. The molecule has 0 radical (unpaired) electrons. The van der Waals surface area contributed by atoms with Crippen LogP contribution in [0.2, 0.25) is 0 Å². The number of nitrogens with one attached hydrogen (secondary N) is 2. The summed E-state index contributed by atoms with van der Waals surface area (Å²) in [5.74, 6) is 0.717. The molecule has 3 N–H and O–H groups in total. The Labute approximate surface area is 245 Å². The average molecular weight is 605 g/mol. The molecule has 0 fully saturated rings. The van der Waals surface area contributed by atoms with E-state index < -0.39 is 0 Å². The molecule has 4 aromatic carbocycles. The molecular formula is C33H26BrN5O2. The van der Waals surface area contributed by atoms with Crippen molar-refractivity contribution < 1.29 is 9.90 Å². The zero-order chi connectivity index (χ0) is 28.2. The van der Waals surface area contributed by atoms with Crippen molar-refractivity contribution in [3.8, 4) is 17.0 Å². The van der Waals surface area contributed by atoms with Crippen LogP contribution in [0.25, 0.3) is 16.9 Å². The second kappa shape index (κ2) is 11.7. The van der Waals surface area contributed by atoms with Gasteiger partial charge in [0.2, 0.25) is 0 Å². The van der Waals surface area contributed by atoms with Gasteiger partial charge in [0.05, 0.1) is 16.4 Å². The van der Waals surface area contributed by atoms with Crippen molar-refractivity contribution in [3.63, 3.8) is 0 Å². The van der Waals surface area contributed by atoms with E-state index in [-0.39, 0.29) is 11.7 Å². The predicted molar refractivity (Wildman–Crippen MR) is 165 cm³/mol. The van der Waals surface area contributed by atoms with Crippen molar-refractivity contribution >= 4 is 39.0 Å². The summed E-state index contributed by atoms with van der Waals surface area (Å²) in [6, 6.07) is 34.5. The van der Waals surface area contributed by atoms with Crippen LogP contribution in [0.5, 0.6) is 5.75 Å². The third-order valence-corrected chi connectivity index (χ3v) is 7.33. The van der Waals surface area contributed by atoms with Crippen LogP contribution in [0.15, 0.2) is 120 Å². The number of amides is 1. The molecule has 8 heteroatoms. The third-order valence-electron chi connectivity index (χ3n) is 6.77. The van der Waals surface area contributed by atoms with E-state index in [1.165, 1.54) is 0 Å². The Balaban J connectivity index is 1.21. The van der Waals surface area contributed by atoms with Crippen molar-refractivity contribution in [1.82, 2.24) is 14.6 Å². The number of halogens is 1. The van der Waals surface area contributed by atoms with Crippen LogP contribution in [0.1, 0.15) is 27.0 Å². The van der Waals surface area contributed by atoms with E-state index in [1.807, 2.05) is 84.9 Å². The van der Waals surface area contributed by atoms with Crippen molar-refractivity contribution in [1.29, 1.82) is 0 Å². The summed E-state index contributed by atoms with van der Waals surface area (Å²) in [4.78, 5) is 18.0. The Morgan fingerprint density at radius 3 is 2.46 bits per heavy atom. The third kappa shape index (κ3) is 5.83. The summed E-state index contributed by atoms with van der Waals surface area (Å²) in [5, 5.41) is 21.3. The van der Waals surface area contributed by atoms with Crippen LogP contribution in [0, 0.1) is 0 Å². The highest BCUT2D eigenvalue weighted by Crippen LogP contribution is 2.31. The van der Waals surface area contributed by atoms with Gasteiger partial charge in [0.15, 0.2) is 5.65 Å². The summed E-state index contributed by atoms with van der Waals surface area (Å²) in [6.45, 7) is 0.477. The normalized spacial score (nSPS) is 11.0. The monoisotopic (exact) mass is 603 g/mol. The van der Waals surface area contributed by atoms with Gasteiger partial charge in [-0.1, -0.05) is 72.8 Å². The van der Waals surface area contributed by atoms with Gasteiger partial charge < -0.3 is 15.7 Å². The first kappa shape index (κ1) is 26.3. The zero-order valence-electron chi connectivity index (χ0n) is 22.0. The van der Waals surface area contributed by atoms with E-state index in [0.717, 1.165) is 21.2 Å². The molecule has 1 amide bonds. The van der Waals surface area contributed by atoms with E-state index in [9.17, 15) is 9.90 Å². The molecule has 0 aliphatic rings. The molecule has 0 spiro atoms. The van der Waals surface area contributed by atoms with Gasteiger partial charge in [-0.05, 0) is 69.4 Å². The smallest absolute Gasteiger partial charge is 0.255 e. The Morgan fingerprint density at radius 2 is 1.61 bits per heavy atom. The number of aromatic hydroxyl groups is 1. The summed E-state index contributed by atoms with van der Waals surface area (Å²) in [6.07, 6.45) is 2.37. The molecule has 0 unspecified atom stereocenters. The first-order chi connectivity index (χ1) is 20.0. The van der Waals surface area contributed by atoms with Gasteiger partial charge in [0, 0.05) is 29.4 Å². The molecule has 6 rings (SSSR count). The topological polar surface area (TPSA) is 91.5 Å². The van der Waals surface area contributed by atoms with Gasteiger partial charge >= 0.3 is 0 Å². The van der Waals surface area contributed by atoms with Gasteiger partial charge in [-0.2, -0.15) is 9.61 Å². The number of hydrogen-bond acceptors (Lipinski definition) is 5. The van der Waals surface area contributed by atoms with E-state index in [2.05, 4.69) is 43.8 Å². The van der Waals surface area contributed by atoms with Crippen molar-refractivity contribution in [3.05, 3.63) is 142 Å². The molecule has 0 aliphatic carbocycles. The van der Waals surface area contributed by atoms with Crippen LogP contribution < -0.4 is 10.6 Å². The Kier molecular flexibility index (Phi) is 7.47. The maximum Gasteiger partial charge on any atom is 0.255 e. The van der Waals surface area contributed by atoms with Crippen molar-refractivity contribution in [2.45, 2.75) is 13.0 Å². The summed E-state index contributed by atoms with van der Waals surface area (Å²) < 4.78 is 2.46. The van der Waals surface area contributed by atoms with Gasteiger partial charge in [-0.15, -0.1) is 0 Å². The van der Waals surface area contributed by atoms with E-state index in [0.29, 0.717) is 46.9 Å². The number of phenols is 1. The van der Waals surface area contributed by atoms with Gasteiger partial charge in [-0.3, -0.25) is 4.79 Å². The molecule has 0 bridgehead atoms. The number of anilines is 2. The number of carbonyl (C=O) groups is 1. The molecule has 7 nitrogen and oxygen atoms in total. The Morgan fingerprint density at radius 1 is 0.854 bits per heavy atom. The minimum Gasteiger partial charge on any atom is -0.507 e. The highest BCUT2D eigenvalue weighted by Gasteiger charge is 2.15. The fourth-order valence-electron chi connectivity index (χ4n) is 4.75. The summed E-state index contributed by atoms with van der Waals surface area (Å²) in [5.41, 5.74) is 6.34. The largest absolute Gasteiger partial charge is 0.507 e. The summed E-state index contributed by atoms with van der Waals surface area (Å²) >= 11 is 3.52. The maximum absolute atomic E-state index is 13.3. The van der Waals surface area contributed by atoms with Crippen LogP contribution in [-0.4, -0.2) is 25.6 Å². The zero-order valence-corrected chi connectivity index (χ0v) is 23.5.